The minimum absolute atomic E-state index is 0. The molecule has 1 aromatic carbocycles. The van der Waals surface area contributed by atoms with E-state index in [9.17, 15) is 4.79 Å². The summed E-state index contributed by atoms with van der Waals surface area (Å²) in [5.74, 6) is 0.593. The number of benzene rings is 1. The van der Waals surface area contributed by atoms with Crippen LogP contribution in [-0.2, 0) is 17.6 Å². The number of halogens is 3. The van der Waals surface area contributed by atoms with Crippen molar-refractivity contribution in [1.29, 1.82) is 0 Å². The summed E-state index contributed by atoms with van der Waals surface area (Å²) in [5, 5.41) is 7.58. The number of rotatable bonds is 9. The summed E-state index contributed by atoms with van der Waals surface area (Å²) in [6, 6.07) is 11.3. The standard InChI is InChI=1S/C21H27Cl2N5O.HI/c1-24-21(26-12-5-6-16-8-9-17(22)14-19(16)23)27-15-20(29)28(2)13-10-18-7-3-4-11-25-18;/h3-4,7-9,11,14H,5-6,10,12-13,15H2,1-2H3,(H2,24,26,27);1H. The van der Waals surface area contributed by atoms with Gasteiger partial charge in [-0.2, -0.15) is 0 Å². The van der Waals surface area contributed by atoms with Gasteiger partial charge in [-0.1, -0.05) is 35.3 Å². The van der Waals surface area contributed by atoms with Gasteiger partial charge in [-0.15, -0.1) is 24.0 Å². The molecule has 1 heterocycles. The molecule has 6 nitrogen and oxygen atoms in total. The number of hydrogen-bond donors (Lipinski definition) is 2. The average Bonchev–Trinajstić information content (AvgIpc) is 2.73. The van der Waals surface area contributed by atoms with E-state index in [1.165, 1.54) is 0 Å². The zero-order valence-corrected chi connectivity index (χ0v) is 21.0. The van der Waals surface area contributed by atoms with E-state index >= 15 is 0 Å². The van der Waals surface area contributed by atoms with Crippen LogP contribution >= 0.6 is 47.2 Å². The number of nitrogens with zero attached hydrogens (tertiary/aromatic N) is 3. The number of hydrogen-bond acceptors (Lipinski definition) is 3. The van der Waals surface area contributed by atoms with Gasteiger partial charge in [-0.25, -0.2) is 0 Å². The number of likely N-dealkylation sites (N-methyl/N-ethyl adjacent to an activating group) is 1. The maximum absolute atomic E-state index is 12.3. The third-order valence-corrected chi connectivity index (χ3v) is 5.00. The fraction of sp³-hybridized carbons (Fsp3) is 0.381. The Morgan fingerprint density at radius 1 is 1.17 bits per heavy atom. The number of carbonyl (C=O) groups excluding carboxylic acids is 1. The number of guanidine groups is 1. The normalized spacial score (nSPS) is 10.9. The van der Waals surface area contributed by atoms with E-state index in [0.29, 0.717) is 29.1 Å². The smallest absolute Gasteiger partial charge is 0.241 e. The van der Waals surface area contributed by atoms with E-state index in [2.05, 4.69) is 20.6 Å². The number of carbonyl (C=O) groups is 1. The van der Waals surface area contributed by atoms with Crippen LogP contribution in [0.3, 0.4) is 0 Å². The fourth-order valence-corrected chi connectivity index (χ4v) is 3.18. The first-order chi connectivity index (χ1) is 14.0. The van der Waals surface area contributed by atoms with Gasteiger partial charge in [0.1, 0.15) is 0 Å². The monoisotopic (exact) mass is 563 g/mol. The molecule has 1 amide bonds. The molecular weight excluding hydrogens is 536 g/mol. The molecule has 164 valence electrons. The Morgan fingerprint density at radius 3 is 2.63 bits per heavy atom. The molecule has 1 aromatic heterocycles. The van der Waals surface area contributed by atoms with Gasteiger partial charge in [-0.3, -0.25) is 14.8 Å². The van der Waals surface area contributed by atoms with Crippen LogP contribution in [0.2, 0.25) is 10.0 Å². The van der Waals surface area contributed by atoms with Gasteiger partial charge >= 0.3 is 0 Å². The number of aryl methyl sites for hydroxylation is 1. The number of pyridine rings is 1. The Bertz CT molecular complexity index is 820. The second-order valence-electron chi connectivity index (χ2n) is 6.58. The number of nitrogens with one attached hydrogen (secondary N) is 2. The van der Waals surface area contributed by atoms with Crippen molar-refractivity contribution in [3.8, 4) is 0 Å². The molecule has 0 aliphatic carbocycles. The van der Waals surface area contributed by atoms with Crippen molar-refractivity contribution in [2.24, 2.45) is 4.99 Å². The molecule has 0 radical (unpaired) electrons. The SMILES string of the molecule is CN=C(NCCCc1ccc(Cl)cc1Cl)NCC(=O)N(C)CCc1ccccn1.I. The summed E-state index contributed by atoms with van der Waals surface area (Å²) in [4.78, 5) is 22.4. The van der Waals surface area contributed by atoms with Crippen LogP contribution < -0.4 is 10.6 Å². The van der Waals surface area contributed by atoms with E-state index in [4.69, 9.17) is 23.2 Å². The molecular formula is C21H28Cl2IN5O. The molecule has 2 rings (SSSR count). The maximum atomic E-state index is 12.3. The van der Waals surface area contributed by atoms with Crippen LogP contribution in [0.4, 0.5) is 0 Å². The summed E-state index contributed by atoms with van der Waals surface area (Å²) in [6.07, 6.45) is 4.19. The number of aliphatic imine (C=N–C) groups is 1. The minimum atomic E-state index is -0.00294. The maximum Gasteiger partial charge on any atom is 0.241 e. The summed E-state index contributed by atoms with van der Waals surface area (Å²) in [6.45, 7) is 1.51. The quantitative estimate of drug-likeness (QED) is 0.211. The van der Waals surface area contributed by atoms with Crippen LogP contribution in [0.15, 0.2) is 47.6 Å². The highest BCUT2D eigenvalue weighted by atomic mass is 127. The lowest BCUT2D eigenvalue weighted by Crippen LogP contribution is -2.44. The predicted octanol–water partition coefficient (Wildman–Crippen LogP) is 3.81. The Hall–Kier alpha value is -1.58. The largest absolute Gasteiger partial charge is 0.356 e. The Balaban J connectivity index is 0.00000450. The van der Waals surface area contributed by atoms with E-state index < -0.39 is 0 Å². The molecule has 0 spiro atoms. The lowest BCUT2D eigenvalue weighted by atomic mass is 10.1. The molecule has 2 aromatic rings. The molecule has 0 saturated carbocycles. The molecule has 30 heavy (non-hydrogen) atoms. The minimum Gasteiger partial charge on any atom is -0.356 e. The fourth-order valence-electron chi connectivity index (χ4n) is 2.68. The first-order valence-corrected chi connectivity index (χ1v) is 10.3. The summed E-state index contributed by atoms with van der Waals surface area (Å²) < 4.78 is 0. The molecule has 2 N–H and O–H groups in total. The Labute approximate surface area is 205 Å². The topological polar surface area (TPSA) is 69.6 Å². The van der Waals surface area contributed by atoms with Crippen LogP contribution in [0.25, 0.3) is 0 Å². The van der Waals surface area contributed by atoms with Gasteiger partial charge in [0.05, 0.1) is 6.54 Å². The van der Waals surface area contributed by atoms with E-state index in [0.717, 1.165) is 30.5 Å². The van der Waals surface area contributed by atoms with Gasteiger partial charge < -0.3 is 15.5 Å². The van der Waals surface area contributed by atoms with Crippen molar-refractivity contribution in [2.45, 2.75) is 19.3 Å². The Morgan fingerprint density at radius 2 is 1.97 bits per heavy atom. The van der Waals surface area contributed by atoms with E-state index in [-0.39, 0.29) is 36.4 Å². The summed E-state index contributed by atoms with van der Waals surface area (Å²) in [5.41, 5.74) is 2.03. The van der Waals surface area contributed by atoms with Crippen LogP contribution in [0, 0.1) is 0 Å². The molecule has 9 heteroatoms. The summed E-state index contributed by atoms with van der Waals surface area (Å²) >= 11 is 12.1. The van der Waals surface area contributed by atoms with E-state index in [1.807, 2.05) is 30.3 Å². The zero-order chi connectivity index (χ0) is 21.1. The molecule has 0 atom stereocenters. The van der Waals surface area contributed by atoms with E-state index in [1.54, 1.807) is 31.3 Å². The molecule has 0 saturated heterocycles. The second kappa shape index (κ2) is 14.4. The van der Waals surface area contributed by atoms with Crippen molar-refractivity contribution in [1.82, 2.24) is 20.5 Å². The summed E-state index contributed by atoms with van der Waals surface area (Å²) in [7, 11) is 3.47. The molecule has 0 bridgehead atoms. The predicted molar refractivity (Wildman–Crippen MR) is 135 cm³/mol. The molecule has 0 fully saturated rings. The number of amides is 1. The first kappa shape index (κ1) is 26.5. The van der Waals surface area contributed by atoms with Gasteiger partial charge in [-0.05, 0) is 42.7 Å². The lowest BCUT2D eigenvalue weighted by Gasteiger charge is -2.18. The van der Waals surface area contributed by atoms with Crippen molar-refractivity contribution >= 4 is 59.0 Å². The highest BCUT2D eigenvalue weighted by Gasteiger charge is 2.10. The van der Waals surface area contributed by atoms with Gasteiger partial charge in [0, 0.05) is 55.5 Å². The Kier molecular flexibility index (Phi) is 12.7. The first-order valence-electron chi connectivity index (χ1n) is 9.52. The van der Waals surface area contributed by atoms with Crippen molar-refractivity contribution in [3.05, 3.63) is 63.9 Å². The van der Waals surface area contributed by atoms with Crippen molar-refractivity contribution in [2.75, 3.05) is 33.7 Å². The zero-order valence-electron chi connectivity index (χ0n) is 17.2. The van der Waals surface area contributed by atoms with Gasteiger partial charge in [0.15, 0.2) is 5.96 Å². The number of aromatic nitrogens is 1. The van der Waals surface area contributed by atoms with Crippen LogP contribution in [0.1, 0.15) is 17.7 Å². The van der Waals surface area contributed by atoms with Crippen LogP contribution in [0.5, 0.6) is 0 Å². The van der Waals surface area contributed by atoms with Crippen molar-refractivity contribution < 1.29 is 4.79 Å². The lowest BCUT2D eigenvalue weighted by molar-refractivity contribution is -0.128. The third kappa shape index (κ3) is 9.49. The average molecular weight is 564 g/mol. The van der Waals surface area contributed by atoms with Crippen LogP contribution in [-0.4, -0.2) is 55.5 Å². The second-order valence-corrected chi connectivity index (χ2v) is 7.42. The highest BCUT2D eigenvalue weighted by molar-refractivity contribution is 14.0. The third-order valence-electron chi connectivity index (χ3n) is 4.42. The molecule has 0 aliphatic rings. The molecule has 0 unspecified atom stereocenters. The van der Waals surface area contributed by atoms with Gasteiger partial charge in [0.2, 0.25) is 5.91 Å². The van der Waals surface area contributed by atoms with Crippen molar-refractivity contribution in [3.63, 3.8) is 0 Å². The highest BCUT2D eigenvalue weighted by Crippen LogP contribution is 2.21. The molecule has 0 aliphatic heterocycles. The van der Waals surface area contributed by atoms with Gasteiger partial charge in [0.25, 0.3) is 0 Å².